The molecule has 0 saturated heterocycles. The smallest absolute Gasteiger partial charge is 0.262 e. The molecule has 2 aromatic heterocycles. The fourth-order valence-electron chi connectivity index (χ4n) is 2.45. The topological polar surface area (TPSA) is 64.3 Å². The molecule has 0 aliphatic rings. The number of para-hydroxylation sites is 1. The third-order valence-corrected chi connectivity index (χ3v) is 5.65. The van der Waals surface area contributed by atoms with Crippen molar-refractivity contribution >= 4 is 34.0 Å². The molecule has 1 atom stereocenters. The molecule has 3 aromatic rings. The van der Waals surface area contributed by atoms with Crippen LogP contribution in [-0.2, 0) is 17.9 Å². The van der Waals surface area contributed by atoms with Crippen LogP contribution in [0.2, 0.25) is 0 Å². The molecule has 0 spiro atoms. The predicted molar refractivity (Wildman–Crippen MR) is 102 cm³/mol. The third kappa shape index (κ3) is 4.49. The van der Waals surface area contributed by atoms with Gasteiger partial charge < -0.3 is 9.84 Å². The number of thioether (sulfide) groups is 1. The van der Waals surface area contributed by atoms with Gasteiger partial charge >= 0.3 is 0 Å². The number of hydrogen-bond acceptors (Lipinski definition) is 6. The number of benzene rings is 1. The monoisotopic (exact) mass is 376 g/mol. The van der Waals surface area contributed by atoms with Crippen LogP contribution in [0.3, 0.4) is 0 Å². The van der Waals surface area contributed by atoms with Crippen molar-refractivity contribution in [3.63, 3.8) is 0 Å². The van der Waals surface area contributed by atoms with Gasteiger partial charge in [0.15, 0.2) is 5.16 Å². The Morgan fingerprint density at radius 3 is 2.92 bits per heavy atom. The van der Waals surface area contributed by atoms with Crippen molar-refractivity contribution in [1.29, 1.82) is 0 Å². The van der Waals surface area contributed by atoms with Crippen molar-refractivity contribution in [3.8, 4) is 0 Å². The van der Waals surface area contributed by atoms with Gasteiger partial charge in [0.2, 0.25) is 0 Å². The van der Waals surface area contributed by atoms with Gasteiger partial charge in [0.25, 0.3) is 5.56 Å². The molecule has 132 valence electrons. The lowest BCUT2D eigenvalue weighted by atomic mass is 10.2. The summed E-state index contributed by atoms with van der Waals surface area (Å²) in [5.41, 5.74) is 0.641. The van der Waals surface area contributed by atoms with Gasteiger partial charge in [-0.15, -0.1) is 11.3 Å². The highest BCUT2D eigenvalue weighted by molar-refractivity contribution is 7.99. The van der Waals surface area contributed by atoms with Crippen LogP contribution in [0.5, 0.6) is 0 Å². The summed E-state index contributed by atoms with van der Waals surface area (Å²) in [4.78, 5) is 18.3. The lowest BCUT2D eigenvalue weighted by Gasteiger charge is -2.14. The first-order valence-electron chi connectivity index (χ1n) is 8.09. The first kappa shape index (κ1) is 18.1. The number of hydrogen-bond donors (Lipinski definition) is 1. The van der Waals surface area contributed by atoms with Crippen molar-refractivity contribution in [2.75, 3.05) is 12.4 Å². The number of aliphatic hydroxyl groups excluding tert-OH is 1. The zero-order chi connectivity index (χ0) is 17.6. The summed E-state index contributed by atoms with van der Waals surface area (Å²) in [7, 11) is 0. The Balaban J connectivity index is 1.63. The van der Waals surface area contributed by atoms with Crippen LogP contribution in [0.1, 0.15) is 11.8 Å². The van der Waals surface area contributed by atoms with E-state index in [2.05, 4.69) is 4.98 Å². The van der Waals surface area contributed by atoms with Gasteiger partial charge in [-0.1, -0.05) is 30.0 Å². The summed E-state index contributed by atoms with van der Waals surface area (Å²) in [6.45, 7) is 3.23. The maximum atomic E-state index is 12.6. The van der Waals surface area contributed by atoms with E-state index >= 15 is 0 Å². The molecule has 1 N–H and O–H groups in total. The minimum atomic E-state index is -0.612. The molecule has 2 heterocycles. The van der Waals surface area contributed by atoms with Gasteiger partial charge in [-0.05, 0) is 30.5 Å². The van der Waals surface area contributed by atoms with E-state index in [-0.39, 0.29) is 12.2 Å². The average Bonchev–Trinajstić information content (AvgIpc) is 3.13. The van der Waals surface area contributed by atoms with E-state index in [4.69, 9.17) is 4.74 Å². The number of fused-ring (bicyclic) bond motifs is 1. The molecule has 0 unspecified atom stereocenters. The molecule has 0 saturated carbocycles. The third-order valence-electron chi connectivity index (χ3n) is 3.68. The largest absolute Gasteiger partial charge is 0.390 e. The minimum Gasteiger partial charge on any atom is -0.390 e. The first-order valence-corrected chi connectivity index (χ1v) is 9.96. The van der Waals surface area contributed by atoms with Gasteiger partial charge in [0, 0.05) is 17.2 Å². The van der Waals surface area contributed by atoms with Crippen LogP contribution in [0, 0.1) is 0 Å². The van der Waals surface area contributed by atoms with E-state index in [0.29, 0.717) is 35.0 Å². The molecule has 0 fully saturated rings. The summed E-state index contributed by atoms with van der Waals surface area (Å²) < 4.78 is 7.18. The SMILES string of the molecule is CCn1c(SC[C@H](O)COCc2cccs2)nc2ccccc2c1=O. The molecule has 0 aliphatic heterocycles. The van der Waals surface area contributed by atoms with Crippen LogP contribution in [0.4, 0.5) is 0 Å². The fraction of sp³-hybridized carbons (Fsp3) is 0.333. The number of nitrogens with zero attached hydrogens (tertiary/aromatic N) is 2. The van der Waals surface area contributed by atoms with Crippen molar-refractivity contribution in [2.45, 2.75) is 31.3 Å². The van der Waals surface area contributed by atoms with Gasteiger partial charge in [0.1, 0.15) is 0 Å². The molecular formula is C18H20N2O3S2. The van der Waals surface area contributed by atoms with Crippen molar-refractivity contribution < 1.29 is 9.84 Å². The molecule has 25 heavy (non-hydrogen) atoms. The molecule has 3 rings (SSSR count). The highest BCUT2D eigenvalue weighted by Crippen LogP contribution is 2.19. The number of aromatic nitrogens is 2. The van der Waals surface area contributed by atoms with Crippen molar-refractivity contribution in [2.24, 2.45) is 0 Å². The zero-order valence-corrected chi connectivity index (χ0v) is 15.6. The maximum absolute atomic E-state index is 12.6. The Morgan fingerprint density at radius 1 is 1.32 bits per heavy atom. The lowest BCUT2D eigenvalue weighted by Crippen LogP contribution is -2.24. The quantitative estimate of drug-likeness (QED) is 0.483. The van der Waals surface area contributed by atoms with Crippen LogP contribution < -0.4 is 5.56 Å². The predicted octanol–water partition coefficient (Wildman–Crippen LogP) is 3.15. The molecule has 0 radical (unpaired) electrons. The molecule has 0 amide bonds. The second-order valence-corrected chi connectivity index (χ2v) is 7.54. The highest BCUT2D eigenvalue weighted by atomic mass is 32.2. The minimum absolute atomic E-state index is 0.0426. The number of thiophene rings is 1. The molecule has 0 bridgehead atoms. The first-order chi connectivity index (χ1) is 12.2. The Kier molecular flexibility index (Phi) is 6.25. The Bertz CT molecular complexity index is 878. The highest BCUT2D eigenvalue weighted by Gasteiger charge is 2.13. The number of ether oxygens (including phenoxy) is 1. The Labute approximate surface area is 154 Å². The second-order valence-electron chi connectivity index (χ2n) is 5.52. The van der Waals surface area contributed by atoms with E-state index in [1.165, 1.54) is 11.8 Å². The van der Waals surface area contributed by atoms with E-state index in [0.717, 1.165) is 4.88 Å². The molecular weight excluding hydrogens is 356 g/mol. The van der Waals surface area contributed by atoms with E-state index in [9.17, 15) is 9.90 Å². The van der Waals surface area contributed by atoms with Gasteiger partial charge in [-0.3, -0.25) is 9.36 Å². The fourth-order valence-corrected chi connectivity index (χ4v) is 4.05. The summed E-state index contributed by atoms with van der Waals surface area (Å²) in [5.74, 6) is 0.426. The van der Waals surface area contributed by atoms with Crippen molar-refractivity contribution in [1.82, 2.24) is 9.55 Å². The maximum Gasteiger partial charge on any atom is 0.262 e. The van der Waals surface area contributed by atoms with Gasteiger partial charge in [-0.2, -0.15) is 0 Å². The van der Waals surface area contributed by atoms with Crippen molar-refractivity contribution in [3.05, 3.63) is 57.0 Å². The van der Waals surface area contributed by atoms with Crippen LogP contribution in [0.15, 0.2) is 51.7 Å². The van der Waals surface area contributed by atoms with Gasteiger partial charge in [-0.25, -0.2) is 4.98 Å². The van der Waals surface area contributed by atoms with Crippen LogP contribution in [0.25, 0.3) is 10.9 Å². The normalized spacial score (nSPS) is 12.6. The molecule has 5 nitrogen and oxygen atoms in total. The van der Waals surface area contributed by atoms with E-state index in [1.54, 1.807) is 22.0 Å². The Hall–Kier alpha value is -1.67. The van der Waals surface area contributed by atoms with E-state index < -0.39 is 6.10 Å². The summed E-state index contributed by atoms with van der Waals surface area (Å²) >= 11 is 3.01. The zero-order valence-electron chi connectivity index (χ0n) is 13.9. The van der Waals surface area contributed by atoms with Gasteiger partial charge in [0.05, 0.1) is 30.2 Å². The number of aliphatic hydroxyl groups is 1. The van der Waals surface area contributed by atoms with E-state index in [1.807, 2.05) is 42.6 Å². The summed E-state index contributed by atoms with van der Waals surface area (Å²) in [5, 5.41) is 13.4. The lowest BCUT2D eigenvalue weighted by molar-refractivity contribution is 0.0408. The van der Waals surface area contributed by atoms with Crippen LogP contribution >= 0.6 is 23.1 Å². The molecule has 0 aliphatic carbocycles. The summed E-state index contributed by atoms with van der Waals surface area (Å²) in [6, 6.07) is 11.3. The molecule has 7 heteroatoms. The molecule has 1 aromatic carbocycles. The summed E-state index contributed by atoms with van der Waals surface area (Å²) in [6.07, 6.45) is -0.612. The number of rotatable bonds is 8. The average molecular weight is 377 g/mol. The Morgan fingerprint density at radius 2 is 2.16 bits per heavy atom. The second kappa shape index (κ2) is 8.62. The van der Waals surface area contributed by atoms with Crippen LogP contribution in [-0.4, -0.2) is 33.1 Å². The standard InChI is InChI=1S/C18H20N2O3S2/c1-2-20-17(22)15-7-3-4-8-16(15)19-18(20)25-12-13(21)10-23-11-14-6-5-9-24-14/h3-9,13,21H,2,10-12H2,1H3/t13-/m1/s1.